The van der Waals surface area contributed by atoms with Gasteiger partial charge in [-0.3, -0.25) is 14.7 Å². The van der Waals surface area contributed by atoms with Crippen molar-refractivity contribution < 1.29 is 9.59 Å². The van der Waals surface area contributed by atoms with E-state index >= 15 is 0 Å². The fourth-order valence-electron chi connectivity index (χ4n) is 2.39. The number of aromatic amines is 1. The molecule has 0 saturated carbocycles. The highest BCUT2D eigenvalue weighted by Crippen LogP contribution is 2.27. The molecule has 0 fully saturated rings. The van der Waals surface area contributed by atoms with Crippen LogP contribution >= 0.6 is 11.3 Å². The summed E-state index contributed by atoms with van der Waals surface area (Å²) in [5.74, 6) is -0.253. The first-order chi connectivity index (χ1) is 13.0. The van der Waals surface area contributed by atoms with Gasteiger partial charge in [0.15, 0.2) is 5.82 Å². The molecule has 2 heterocycles. The van der Waals surface area contributed by atoms with Gasteiger partial charge in [-0.2, -0.15) is 5.10 Å². The molecule has 3 aromatic rings. The molecule has 2 aromatic heterocycles. The molecule has 0 aliphatic heterocycles. The van der Waals surface area contributed by atoms with Crippen LogP contribution in [-0.4, -0.2) is 28.1 Å². The first kappa shape index (κ1) is 18.6. The minimum atomic E-state index is -0.693. The summed E-state index contributed by atoms with van der Waals surface area (Å²) in [6.45, 7) is 3.66. The fraction of sp³-hybridized carbons (Fsp3) is 0.150. The largest absolute Gasteiger partial charge is 0.341 e. The van der Waals surface area contributed by atoms with Gasteiger partial charge in [0, 0.05) is 17.0 Å². The number of carbonyl (C=O) groups is 2. The van der Waals surface area contributed by atoms with Crippen molar-refractivity contribution in [3.8, 4) is 10.6 Å². The summed E-state index contributed by atoms with van der Waals surface area (Å²) in [6.07, 6.45) is 3.11. The van der Waals surface area contributed by atoms with Crippen LogP contribution in [0.3, 0.4) is 0 Å². The van der Waals surface area contributed by atoms with Gasteiger partial charge in [-0.05, 0) is 37.6 Å². The van der Waals surface area contributed by atoms with Crippen molar-refractivity contribution in [2.75, 3.05) is 5.32 Å². The number of carbonyl (C=O) groups excluding carboxylic acids is 2. The number of rotatable bonds is 6. The first-order valence-electron chi connectivity index (χ1n) is 8.48. The highest BCUT2D eigenvalue weighted by atomic mass is 32.1. The third-order valence-corrected chi connectivity index (χ3v) is 4.85. The van der Waals surface area contributed by atoms with E-state index in [0.29, 0.717) is 5.82 Å². The Balaban J connectivity index is 1.54. The predicted molar refractivity (Wildman–Crippen MR) is 108 cm³/mol. The molecule has 0 aliphatic carbocycles. The van der Waals surface area contributed by atoms with Crippen molar-refractivity contribution in [2.24, 2.45) is 0 Å². The van der Waals surface area contributed by atoms with Crippen LogP contribution < -0.4 is 10.6 Å². The highest BCUT2D eigenvalue weighted by Gasteiger charge is 2.16. The van der Waals surface area contributed by atoms with Crippen LogP contribution in [0.5, 0.6) is 0 Å². The summed E-state index contributed by atoms with van der Waals surface area (Å²) in [6, 6.07) is 14.6. The van der Waals surface area contributed by atoms with Gasteiger partial charge in [-0.15, -0.1) is 11.3 Å². The monoisotopic (exact) mass is 380 g/mol. The molecular formula is C20H20N4O2S. The summed E-state index contributed by atoms with van der Waals surface area (Å²) >= 11 is 1.64. The molecule has 2 amide bonds. The Morgan fingerprint density at radius 1 is 1.19 bits per heavy atom. The van der Waals surface area contributed by atoms with E-state index in [1.54, 1.807) is 30.4 Å². The van der Waals surface area contributed by atoms with E-state index in [-0.39, 0.29) is 11.8 Å². The molecule has 1 unspecified atom stereocenters. The minimum Gasteiger partial charge on any atom is -0.341 e. The van der Waals surface area contributed by atoms with Crippen LogP contribution in [0.2, 0.25) is 0 Å². The summed E-state index contributed by atoms with van der Waals surface area (Å²) in [4.78, 5) is 26.5. The zero-order valence-corrected chi connectivity index (χ0v) is 15.8. The molecule has 0 saturated heterocycles. The number of nitrogens with zero attached hydrogens (tertiary/aromatic N) is 1. The molecule has 1 atom stereocenters. The Morgan fingerprint density at radius 3 is 2.67 bits per heavy atom. The molecule has 3 N–H and O–H groups in total. The van der Waals surface area contributed by atoms with Gasteiger partial charge in [0.2, 0.25) is 11.8 Å². The van der Waals surface area contributed by atoms with Crippen molar-refractivity contribution in [1.29, 1.82) is 0 Å². The summed E-state index contributed by atoms with van der Waals surface area (Å²) < 4.78 is 0. The van der Waals surface area contributed by atoms with E-state index in [4.69, 9.17) is 0 Å². The van der Waals surface area contributed by atoms with Gasteiger partial charge in [0.05, 0.1) is 10.6 Å². The third-order valence-electron chi connectivity index (χ3n) is 3.81. The molecule has 3 rings (SSSR count). The maximum absolute atomic E-state index is 12.3. The van der Waals surface area contributed by atoms with Gasteiger partial charge in [-0.1, -0.05) is 30.3 Å². The molecule has 138 valence electrons. The highest BCUT2D eigenvalue weighted by molar-refractivity contribution is 7.15. The molecule has 27 heavy (non-hydrogen) atoms. The predicted octanol–water partition coefficient (Wildman–Crippen LogP) is 3.60. The van der Waals surface area contributed by atoms with Crippen molar-refractivity contribution in [1.82, 2.24) is 15.5 Å². The summed E-state index contributed by atoms with van der Waals surface area (Å²) in [7, 11) is 0. The zero-order valence-electron chi connectivity index (χ0n) is 15.0. The van der Waals surface area contributed by atoms with Crippen LogP contribution in [0.1, 0.15) is 17.4 Å². The lowest BCUT2D eigenvalue weighted by Gasteiger charge is -2.11. The van der Waals surface area contributed by atoms with E-state index in [0.717, 1.165) is 16.1 Å². The van der Waals surface area contributed by atoms with Gasteiger partial charge in [0.1, 0.15) is 6.04 Å². The number of aryl methyl sites for hydroxylation is 1. The topological polar surface area (TPSA) is 86.9 Å². The zero-order chi connectivity index (χ0) is 19.2. The summed E-state index contributed by atoms with van der Waals surface area (Å²) in [5.41, 5.74) is 1.75. The molecule has 0 aliphatic rings. The number of hydrogen-bond donors (Lipinski definition) is 3. The van der Waals surface area contributed by atoms with E-state index < -0.39 is 6.04 Å². The smallest absolute Gasteiger partial charge is 0.247 e. The Morgan fingerprint density at radius 2 is 1.96 bits per heavy atom. The molecule has 1 aromatic carbocycles. The number of aromatic nitrogens is 2. The maximum atomic E-state index is 12.3. The SMILES string of the molecule is Cc1ccc(-c2cc(NC(=O)C(C)NC(=O)/C=C/c3ccccc3)n[nH]2)s1. The lowest BCUT2D eigenvalue weighted by atomic mass is 10.2. The number of nitrogens with one attached hydrogen (secondary N) is 3. The standard InChI is InChI=1S/C20H20N4O2S/c1-13-8-10-17(27-13)16-12-18(24-23-16)22-20(26)14(2)21-19(25)11-9-15-6-4-3-5-7-15/h3-12,14H,1-2H3,(H,21,25)(H2,22,23,24,26)/b11-9+. The quantitative estimate of drug-likeness (QED) is 0.571. The Kier molecular flexibility index (Phi) is 5.83. The number of amides is 2. The number of thiophene rings is 1. The van der Waals surface area contributed by atoms with Gasteiger partial charge >= 0.3 is 0 Å². The molecule has 0 spiro atoms. The van der Waals surface area contributed by atoms with Crippen molar-refractivity contribution in [2.45, 2.75) is 19.9 Å². The second-order valence-corrected chi connectivity index (χ2v) is 7.33. The number of anilines is 1. The number of hydrogen-bond acceptors (Lipinski definition) is 4. The molecule has 7 heteroatoms. The van der Waals surface area contributed by atoms with Crippen molar-refractivity contribution in [3.63, 3.8) is 0 Å². The second-order valence-electron chi connectivity index (χ2n) is 6.04. The van der Waals surface area contributed by atoms with E-state index in [1.807, 2.05) is 49.4 Å². The lowest BCUT2D eigenvalue weighted by molar-refractivity contribution is -0.123. The fourth-order valence-corrected chi connectivity index (χ4v) is 3.22. The van der Waals surface area contributed by atoms with Gasteiger partial charge < -0.3 is 10.6 Å². The first-order valence-corrected chi connectivity index (χ1v) is 9.29. The molecular weight excluding hydrogens is 360 g/mol. The van der Waals surface area contributed by atoms with E-state index in [9.17, 15) is 9.59 Å². The molecule has 6 nitrogen and oxygen atoms in total. The van der Waals surface area contributed by atoms with E-state index in [2.05, 4.69) is 20.8 Å². The van der Waals surface area contributed by atoms with Crippen LogP contribution in [-0.2, 0) is 9.59 Å². The lowest BCUT2D eigenvalue weighted by Crippen LogP contribution is -2.40. The van der Waals surface area contributed by atoms with Crippen LogP contribution in [0.25, 0.3) is 16.6 Å². The Labute approximate surface area is 161 Å². The minimum absolute atomic E-state index is 0.335. The van der Waals surface area contributed by atoms with Crippen LogP contribution in [0.4, 0.5) is 5.82 Å². The maximum Gasteiger partial charge on any atom is 0.247 e. The number of benzene rings is 1. The Hall–Kier alpha value is -3.19. The van der Waals surface area contributed by atoms with Crippen LogP contribution in [0, 0.1) is 6.92 Å². The van der Waals surface area contributed by atoms with Gasteiger partial charge in [-0.25, -0.2) is 0 Å². The normalized spacial score (nSPS) is 12.1. The summed E-state index contributed by atoms with van der Waals surface area (Å²) in [5, 5.41) is 12.3. The third kappa shape index (κ3) is 5.15. The van der Waals surface area contributed by atoms with Crippen molar-refractivity contribution >= 4 is 35.0 Å². The van der Waals surface area contributed by atoms with Gasteiger partial charge in [0.25, 0.3) is 0 Å². The molecule has 0 radical (unpaired) electrons. The average Bonchev–Trinajstić information content (AvgIpc) is 3.29. The molecule has 0 bridgehead atoms. The van der Waals surface area contributed by atoms with Crippen LogP contribution in [0.15, 0.2) is 54.6 Å². The number of H-pyrrole nitrogens is 1. The van der Waals surface area contributed by atoms with E-state index in [1.165, 1.54) is 11.0 Å². The Bertz CT molecular complexity index is 959. The average molecular weight is 380 g/mol. The van der Waals surface area contributed by atoms with Crippen molar-refractivity contribution in [3.05, 3.63) is 65.0 Å². The second kappa shape index (κ2) is 8.46.